The van der Waals surface area contributed by atoms with Crippen LogP contribution in [-0.4, -0.2) is 19.4 Å². The highest BCUT2D eigenvalue weighted by molar-refractivity contribution is 6.09. The number of nitrogens with zero attached hydrogens (tertiary/aromatic N) is 1. The van der Waals surface area contributed by atoms with E-state index in [9.17, 15) is 23.2 Å². The Morgan fingerprint density at radius 3 is 2.38 bits per heavy atom. The molecule has 0 heterocycles. The number of ether oxygens (including phenoxy) is 2. The van der Waals surface area contributed by atoms with Crippen molar-refractivity contribution in [3.63, 3.8) is 0 Å². The van der Waals surface area contributed by atoms with E-state index in [-0.39, 0.29) is 11.1 Å². The number of carbonyl (C=O) groups is 1. The van der Waals surface area contributed by atoms with Gasteiger partial charge in [-0.25, -0.2) is 0 Å². The molecule has 0 aliphatic carbocycles. The van der Waals surface area contributed by atoms with Gasteiger partial charge in [0.25, 0.3) is 5.91 Å². The molecule has 134 valence electrons. The second kappa shape index (κ2) is 8.07. The van der Waals surface area contributed by atoms with Gasteiger partial charge in [0, 0.05) is 11.3 Å². The Labute approximate surface area is 147 Å². The predicted octanol–water partition coefficient (Wildman–Crippen LogP) is 4.14. The van der Waals surface area contributed by atoms with Gasteiger partial charge in [0.1, 0.15) is 23.1 Å². The number of carbonyl (C=O) groups excluding carboxylic acids is 1. The van der Waals surface area contributed by atoms with Gasteiger partial charge in [-0.3, -0.25) is 4.79 Å². The molecular formula is C18H13F3N2O3. The quantitative estimate of drug-likeness (QED) is 0.641. The maximum Gasteiger partial charge on any atom is 0.573 e. The summed E-state index contributed by atoms with van der Waals surface area (Å²) in [6.45, 7) is 0. The standard InChI is InChI=1S/C18H13F3N2O3/c1-25-15-8-6-14(7-9-15)23-17(24)13(11-22)10-12-4-2-3-5-16(12)26-18(19,20)21/h2-10H,1H3,(H,23,24)/b13-10+. The molecular weight excluding hydrogens is 349 g/mol. The van der Waals surface area contributed by atoms with Gasteiger partial charge in [0.15, 0.2) is 0 Å². The minimum Gasteiger partial charge on any atom is -0.497 e. The van der Waals surface area contributed by atoms with Crippen LogP contribution >= 0.6 is 0 Å². The van der Waals surface area contributed by atoms with Crippen LogP contribution in [0, 0.1) is 11.3 Å². The summed E-state index contributed by atoms with van der Waals surface area (Å²) < 4.78 is 46.2. The molecule has 0 saturated carbocycles. The van der Waals surface area contributed by atoms with E-state index in [1.54, 1.807) is 30.3 Å². The SMILES string of the molecule is COc1ccc(NC(=O)/C(C#N)=C/c2ccccc2OC(F)(F)F)cc1. The normalized spacial score (nSPS) is 11.4. The fourth-order valence-electron chi connectivity index (χ4n) is 1.99. The summed E-state index contributed by atoms with van der Waals surface area (Å²) in [5, 5.41) is 11.7. The first kappa shape index (κ1) is 18.9. The number of alkyl halides is 3. The Hall–Kier alpha value is -3.47. The molecule has 1 amide bonds. The number of methoxy groups -OCH3 is 1. The monoisotopic (exact) mass is 362 g/mol. The van der Waals surface area contributed by atoms with Crippen LogP contribution in [0.15, 0.2) is 54.1 Å². The molecule has 0 radical (unpaired) electrons. The van der Waals surface area contributed by atoms with Gasteiger partial charge >= 0.3 is 6.36 Å². The molecule has 8 heteroatoms. The van der Waals surface area contributed by atoms with E-state index in [2.05, 4.69) is 10.1 Å². The molecule has 26 heavy (non-hydrogen) atoms. The number of benzene rings is 2. The van der Waals surface area contributed by atoms with Crippen LogP contribution in [0.2, 0.25) is 0 Å². The lowest BCUT2D eigenvalue weighted by atomic mass is 10.1. The number of amides is 1. The van der Waals surface area contributed by atoms with Crippen molar-refractivity contribution in [3.05, 3.63) is 59.7 Å². The smallest absolute Gasteiger partial charge is 0.497 e. The number of halogens is 3. The van der Waals surface area contributed by atoms with Crippen LogP contribution in [0.3, 0.4) is 0 Å². The van der Waals surface area contributed by atoms with Gasteiger partial charge in [-0.1, -0.05) is 18.2 Å². The molecule has 0 bridgehead atoms. The van der Waals surface area contributed by atoms with Crippen LogP contribution in [0.5, 0.6) is 11.5 Å². The molecule has 0 atom stereocenters. The van der Waals surface area contributed by atoms with E-state index in [0.29, 0.717) is 11.4 Å². The number of nitriles is 1. The molecule has 0 aromatic heterocycles. The first-order chi connectivity index (χ1) is 12.3. The Morgan fingerprint density at radius 2 is 1.81 bits per heavy atom. The lowest BCUT2D eigenvalue weighted by molar-refractivity contribution is -0.274. The van der Waals surface area contributed by atoms with E-state index >= 15 is 0 Å². The summed E-state index contributed by atoms with van der Waals surface area (Å²) in [5.74, 6) is -0.693. The molecule has 0 unspecified atom stereocenters. The number of hydrogen-bond donors (Lipinski definition) is 1. The Balaban J connectivity index is 2.24. The van der Waals surface area contributed by atoms with Gasteiger partial charge in [-0.2, -0.15) is 5.26 Å². The molecule has 1 N–H and O–H groups in total. The van der Waals surface area contributed by atoms with E-state index in [1.807, 2.05) is 0 Å². The van der Waals surface area contributed by atoms with E-state index < -0.39 is 18.0 Å². The summed E-state index contributed by atoms with van der Waals surface area (Å²) in [7, 11) is 1.49. The topological polar surface area (TPSA) is 71.3 Å². The fourth-order valence-corrected chi connectivity index (χ4v) is 1.99. The van der Waals surface area contributed by atoms with Crippen molar-refractivity contribution in [1.29, 1.82) is 5.26 Å². The van der Waals surface area contributed by atoms with Crippen molar-refractivity contribution in [2.45, 2.75) is 6.36 Å². The number of rotatable bonds is 5. The summed E-state index contributed by atoms with van der Waals surface area (Å²) in [5.41, 5.74) is -0.0259. The van der Waals surface area contributed by atoms with E-state index in [1.165, 1.54) is 25.3 Å². The van der Waals surface area contributed by atoms with Crippen molar-refractivity contribution in [3.8, 4) is 17.6 Å². The number of hydrogen-bond acceptors (Lipinski definition) is 4. The molecule has 2 aromatic carbocycles. The average Bonchev–Trinajstić information content (AvgIpc) is 2.60. The highest BCUT2D eigenvalue weighted by atomic mass is 19.4. The summed E-state index contributed by atoms with van der Waals surface area (Å²) in [4.78, 5) is 12.2. The van der Waals surface area contributed by atoms with Crippen molar-refractivity contribution in [2.24, 2.45) is 0 Å². The average molecular weight is 362 g/mol. The Kier molecular flexibility index (Phi) is 5.86. The zero-order valence-corrected chi connectivity index (χ0v) is 13.5. The van der Waals surface area contributed by atoms with Crippen LogP contribution in [0.25, 0.3) is 6.08 Å². The van der Waals surface area contributed by atoms with Gasteiger partial charge in [0.05, 0.1) is 7.11 Å². The second-order valence-corrected chi connectivity index (χ2v) is 4.94. The molecule has 5 nitrogen and oxygen atoms in total. The Bertz CT molecular complexity index is 853. The molecule has 0 fully saturated rings. The zero-order valence-electron chi connectivity index (χ0n) is 13.5. The summed E-state index contributed by atoms with van der Waals surface area (Å²) in [6.07, 6.45) is -3.86. The maximum atomic E-state index is 12.5. The van der Waals surface area contributed by atoms with Gasteiger partial charge in [-0.15, -0.1) is 13.2 Å². The number of nitrogens with one attached hydrogen (secondary N) is 1. The largest absolute Gasteiger partial charge is 0.573 e. The molecule has 2 rings (SSSR count). The van der Waals surface area contributed by atoms with Crippen LogP contribution in [-0.2, 0) is 4.79 Å². The van der Waals surface area contributed by atoms with Crippen LogP contribution in [0.1, 0.15) is 5.56 Å². The minimum atomic E-state index is -4.89. The highest BCUT2D eigenvalue weighted by Gasteiger charge is 2.31. The first-order valence-electron chi connectivity index (χ1n) is 7.24. The van der Waals surface area contributed by atoms with E-state index in [0.717, 1.165) is 12.1 Å². The molecule has 0 aliphatic heterocycles. The van der Waals surface area contributed by atoms with Gasteiger partial charge in [0.2, 0.25) is 0 Å². The van der Waals surface area contributed by atoms with Crippen molar-refractivity contribution < 1.29 is 27.4 Å². The van der Waals surface area contributed by atoms with Crippen LogP contribution in [0.4, 0.5) is 18.9 Å². The lowest BCUT2D eigenvalue weighted by Gasteiger charge is -2.11. The lowest BCUT2D eigenvalue weighted by Crippen LogP contribution is -2.18. The maximum absolute atomic E-state index is 12.5. The molecule has 2 aromatic rings. The third kappa shape index (κ3) is 5.27. The van der Waals surface area contributed by atoms with Crippen molar-refractivity contribution >= 4 is 17.7 Å². The zero-order chi connectivity index (χ0) is 19.2. The number of para-hydroxylation sites is 1. The Morgan fingerprint density at radius 1 is 1.15 bits per heavy atom. The predicted molar refractivity (Wildman–Crippen MR) is 88.3 cm³/mol. The van der Waals surface area contributed by atoms with Gasteiger partial charge < -0.3 is 14.8 Å². The minimum absolute atomic E-state index is 0.0498. The first-order valence-corrected chi connectivity index (χ1v) is 7.24. The summed E-state index contributed by atoms with van der Waals surface area (Å²) >= 11 is 0. The third-order valence-corrected chi connectivity index (χ3v) is 3.16. The molecule has 0 spiro atoms. The summed E-state index contributed by atoms with van der Waals surface area (Å²) in [6, 6.07) is 13.2. The van der Waals surface area contributed by atoms with Gasteiger partial charge in [-0.05, 0) is 36.4 Å². The fraction of sp³-hybridized carbons (Fsp3) is 0.111. The molecule has 0 aliphatic rings. The van der Waals surface area contributed by atoms with Crippen molar-refractivity contribution in [2.75, 3.05) is 12.4 Å². The third-order valence-electron chi connectivity index (χ3n) is 3.16. The molecule has 0 saturated heterocycles. The second-order valence-electron chi connectivity index (χ2n) is 4.94. The van der Waals surface area contributed by atoms with Crippen LogP contribution < -0.4 is 14.8 Å². The number of anilines is 1. The highest BCUT2D eigenvalue weighted by Crippen LogP contribution is 2.28. The van der Waals surface area contributed by atoms with E-state index in [4.69, 9.17) is 4.74 Å². The van der Waals surface area contributed by atoms with Crippen molar-refractivity contribution in [1.82, 2.24) is 0 Å².